The quantitative estimate of drug-likeness (QED) is 0.799. The zero-order valence-corrected chi connectivity index (χ0v) is 13.7. The number of anilines is 1. The minimum Gasteiger partial charge on any atom is -0.364 e. The van der Waals surface area contributed by atoms with Crippen molar-refractivity contribution in [2.75, 3.05) is 5.32 Å². The first-order valence-electron chi connectivity index (χ1n) is 8.26. The van der Waals surface area contributed by atoms with Crippen molar-refractivity contribution >= 4 is 5.82 Å². The van der Waals surface area contributed by atoms with Crippen LogP contribution in [0.25, 0.3) is 11.4 Å². The summed E-state index contributed by atoms with van der Waals surface area (Å²) in [6.07, 6.45) is 5.25. The standard InChI is InChI=1S/C19H19N5/c1-13-22-18(17-6-2-3-10-20-17)11-19(23-13)21-12-15-9-8-14-5-4-7-16(14)24-15/h2-3,6,8-11H,4-5,7,12H2,1H3,(H,21,22,23). The number of hydrogen-bond acceptors (Lipinski definition) is 5. The molecule has 3 aromatic rings. The lowest BCUT2D eigenvalue weighted by Crippen LogP contribution is -2.06. The normalized spacial score (nSPS) is 12.9. The molecular formula is C19H19N5. The number of aromatic nitrogens is 4. The van der Waals surface area contributed by atoms with Crippen LogP contribution in [0.1, 0.15) is 29.2 Å². The SMILES string of the molecule is Cc1nc(NCc2ccc3c(n2)CCC3)cc(-c2ccccn2)n1. The molecule has 0 amide bonds. The van der Waals surface area contributed by atoms with E-state index >= 15 is 0 Å². The average Bonchev–Trinajstić information content (AvgIpc) is 3.08. The molecule has 1 aliphatic carbocycles. The summed E-state index contributed by atoms with van der Waals surface area (Å²) >= 11 is 0. The van der Waals surface area contributed by atoms with Crippen LogP contribution in [0.5, 0.6) is 0 Å². The summed E-state index contributed by atoms with van der Waals surface area (Å²) in [6, 6.07) is 12.1. The van der Waals surface area contributed by atoms with Crippen LogP contribution in [0.4, 0.5) is 5.82 Å². The fourth-order valence-corrected chi connectivity index (χ4v) is 3.05. The van der Waals surface area contributed by atoms with Crippen molar-refractivity contribution in [2.24, 2.45) is 0 Å². The second-order valence-corrected chi connectivity index (χ2v) is 6.02. The topological polar surface area (TPSA) is 63.6 Å². The number of nitrogens with zero attached hydrogens (tertiary/aromatic N) is 4. The van der Waals surface area contributed by atoms with Gasteiger partial charge in [0.05, 0.1) is 23.6 Å². The Hall–Kier alpha value is -2.82. The molecule has 3 heterocycles. The van der Waals surface area contributed by atoms with Crippen molar-refractivity contribution in [3.63, 3.8) is 0 Å². The van der Waals surface area contributed by atoms with E-state index in [1.54, 1.807) is 6.20 Å². The molecule has 0 saturated heterocycles. The highest BCUT2D eigenvalue weighted by atomic mass is 15.0. The van der Waals surface area contributed by atoms with E-state index in [2.05, 4.69) is 32.4 Å². The summed E-state index contributed by atoms with van der Waals surface area (Å²) in [5.74, 6) is 1.52. The molecule has 1 N–H and O–H groups in total. The summed E-state index contributed by atoms with van der Waals surface area (Å²) in [5, 5.41) is 3.36. The first kappa shape index (κ1) is 14.8. The van der Waals surface area contributed by atoms with Crippen LogP contribution in [0.15, 0.2) is 42.6 Å². The first-order valence-corrected chi connectivity index (χ1v) is 8.26. The van der Waals surface area contributed by atoms with Crippen LogP contribution < -0.4 is 5.32 Å². The highest BCUT2D eigenvalue weighted by Gasteiger charge is 2.12. The molecule has 0 fully saturated rings. The van der Waals surface area contributed by atoms with Gasteiger partial charge in [-0.2, -0.15) is 0 Å². The van der Waals surface area contributed by atoms with Crippen LogP contribution in [0.2, 0.25) is 0 Å². The first-order chi connectivity index (χ1) is 11.8. The van der Waals surface area contributed by atoms with Crippen molar-refractivity contribution in [3.05, 3.63) is 65.4 Å². The van der Waals surface area contributed by atoms with E-state index in [1.165, 1.54) is 17.7 Å². The maximum Gasteiger partial charge on any atom is 0.130 e. The molecule has 0 bridgehead atoms. The maximum atomic E-state index is 4.75. The van der Waals surface area contributed by atoms with Crippen LogP contribution in [0.3, 0.4) is 0 Å². The summed E-state index contributed by atoms with van der Waals surface area (Å²) in [6.45, 7) is 2.55. The van der Waals surface area contributed by atoms with E-state index in [0.29, 0.717) is 6.54 Å². The lowest BCUT2D eigenvalue weighted by atomic mass is 10.2. The monoisotopic (exact) mass is 317 g/mol. The van der Waals surface area contributed by atoms with E-state index in [0.717, 1.165) is 41.6 Å². The van der Waals surface area contributed by atoms with E-state index < -0.39 is 0 Å². The second-order valence-electron chi connectivity index (χ2n) is 6.02. The molecule has 0 radical (unpaired) electrons. The van der Waals surface area contributed by atoms with Gasteiger partial charge in [0.15, 0.2) is 0 Å². The Bertz CT molecular complexity index is 861. The number of fused-ring (bicyclic) bond motifs is 1. The highest BCUT2D eigenvalue weighted by Crippen LogP contribution is 2.21. The Morgan fingerprint density at radius 1 is 1.00 bits per heavy atom. The number of hydrogen-bond donors (Lipinski definition) is 1. The third-order valence-corrected chi connectivity index (χ3v) is 4.20. The van der Waals surface area contributed by atoms with Gasteiger partial charge in [0.1, 0.15) is 11.6 Å². The minimum atomic E-state index is 0.658. The number of rotatable bonds is 4. The molecule has 0 unspecified atom stereocenters. The third kappa shape index (κ3) is 3.11. The van der Waals surface area contributed by atoms with Crippen LogP contribution in [-0.4, -0.2) is 19.9 Å². The Balaban J connectivity index is 1.53. The third-order valence-electron chi connectivity index (χ3n) is 4.20. The van der Waals surface area contributed by atoms with Gasteiger partial charge in [0.25, 0.3) is 0 Å². The van der Waals surface area contributed by atoms with Crippen molar-refractivity contribution in [2.45, 2.75) is 32.7 Å². The van der Waals surface area contributed by atoms with E-state index in [-0.39, 0.29) is 0 Å². The predicted molar refractivity (Wildman–Crippen MR) is 93.6 cm³/mol. The van der Waals surface area contributed by atoms with Crippen molar-refractivity contribution < 1.29 is 0 Å². The molecule has 0 atom stereocenters. The van der Waals surface area contributed by atoms with E-state index in [9.17, 15) is 0 Å². The smallest absolute Gasteiger partial charge is 0.130 e. The van der Waals surface area contributed by atoms with Crippen LogP contribution in [-0.2, 0) is 19.4 Å². The summed E-state index contributed by atoms with van der Waals surface area (Å²) in [4.78, 5) is 18.1. The van der Waals surface area contributed by atoms with Gasteiger partial charge in [-0.1, -0.05) is 12.1 Å². The fraction of sp³-hybridized carbons (Fsp3) is 0.263. The predicted octanol–water partition coefficient (Wildman–Crippen LogP) is 3.34. The molecule has 5 nitrogen and oxygen atoms in total. The van der Waals surface area contributed by atoms with Crippen LogP contribution in [0, 0.1) is 6.92 Å². The highest BCUT2D eigenvalue weighted by molar-refractivity contribution is 5.58. The van der Waals surface area contributed by atoms with Gasteiger partial charge in [-0.15, -0.1) is 0 Å². The molecule has 0 saturated carbocycles. The minimum absolute atomic E-state index is 0.658. The Kier molecular flexibility index (Phi) is 3.91. The van der Waals surface area contributed by atoms with Gasteiger partial charge >= 0.3 is 0 Å². The maximum absolute atomic E-state index is 4.75. The largest absolute Gasteiger partial charge is 0.364 e. The molecule has 120 valence electrons. The number of pyridine rings is 2. The average molecular weight is 317 g/mol. The Morgan fingerprint density at radius 2 is 1.96 bits per heavy atom. The van der Waals surface area contributed by atoms with E-state index in [1.807, 2.05) is 31.2 Å². The van der Waals surface area contributed by atoms with Crippen molar-refractivity contribution in [1.82, 2.24) is 19.9 Å². The lowest BCUT2D eigenvalue weighted by molar-refractivity contribution is 0.891. The summed E-state index contributed by atoms with van der Waals surface area (Å²) < 4.78 is 0. The van der Waals surface area contributed by atoms with Gasteiger partial charge in [-0.05, 0) is 49.9 Å². The molecule has 5 heteroatoms. The summed E-state index contributed by atoms with van der Waals surface area (Å²) in [5.41, 5.74) is 5.37. The van der Waals surface area contributed by atoms with Crippen molar-refractivity contribution in [1.29, 1.82) is 0 Å². The molecule has 0 aliphatic heterocycles. The Labute approximate surface area is 141 Å². The molecular weight excluding hydrogens is 298 g/mol. The van der Waals surface area contributed by atoms with Gasteiger partial charge in [-0.25, -0.2) is 9.97 Å². The van der Waals surface area contributed by atoms with Crippen LogP contribution >= 0.6 is 0 Å². The zero-order valence-electron chi connectivity index (χ0n) is 13.7. The van der Waals surface area contributed by atoms with Gasteiger partial charge < -0.3 is 5.32 Å². The number of nitrogens with one attached hydrogen (secondary N) is 1. The van der Waals surface area contributed by atoms with Gasteiger partial charge in [-0.3, -0.25) is 9.97 Å². The second kappa shape index (κ2) is 6.35. The molecule has 24 heavy (non-hydrogen) atoms. The van der Waals surface area contributed by atoms with Gasteiger partial charge in [0.2, 0.25) is 0 Å². The summed E-state index contributed by atoms with van der Waals surface area (Å²) in [7, 11) is 0. The van der Waals surface area contributed by atoms with Crippen molar-refractivity contribution in [3.8, 4) is 11.4 Å². The fourth-order valence-electron chi connectivity index (χ4n) is 3.05. The van der Waals surface area contributed by atoms with Gasteiger partial charge in [0, 0.05) is 18.0 Å². The molecule has 1 aliphatic rings. The zero-order chi connectivity index (χ0) is 16.4. The van der Waals surface area contributed by atoms with E-state index in [4.69, 9.17) is 4.98 Å². The molecule has 0 aromatic carbocycles. The number of aryl methyl sites for hydroxylation is 3. The molecule has 3 aromatic heterocycles. The Morgan fingerprint density at radius 3 is 2.83 bits per heavy atom. The molecule has 0 spiro atoms. The molecule has 4 rings (SSSR count). The lowest BCUT2D eigenvalue weighted by Gasteiger charge is -2.09.